The number of nitro benzene ring substituents is 1. The van der Waals surface area contributed by atoms with Gasteiger partial charge in [0.25, 0.3) is 11.6 Å². The number of methoxy groups -OCH3 is 1. The SMILES string of the molecule is COc1ccc2c(c1)CN(C(=O)C(CCSC)NC(=O)c1cccc([N+](=O)[O-])c1)CC2. The lowest BCUT2D eigenvalue weighted by atomic mass is 9.98. The molecular formula is C22H25N3O5S. The quantitative estimate of drug-likeness (QED) is 0.497. The molecule has 1 aliphatic rings. The zero-order valence-electron chi connectivity index (χ0n) is 17.5. The van der Waals surface area contributed by atoms with Gasteiger partial charge in [-0.05, 0) is 54.2 Å². The Morgan fingerprint density at radius 3 is 2.77 bits per heavy atom. The van der Waals surface area contributed by atoms with Crippen molar-refractivity contribution < 1.29 is 19.2 Å². The van der Waals surface area contributed by atoms with E-state index in [2.05, 4.69) is 5.32 Å². The number of hydrogen-bond donors (Lipinski definition) is 1. The van der Waals surface area contributed by atoms with Crippen molar-refractivity contribution in [2.45, 2.75) is 25.4 Å². The molecule has 31 heavy (non-hydrogen) atoms. The molecule has 9 heteroatoms. The van der Waals surface area contributed by atoms with Gasteiger partial charge in [0.05, 0.1) is 12.0 Å². The Bertz CT molecular complexity index is 981. The molecule has 0 aromatic heterocycles. The second kappa shape index (κ2) is 10.3. The number of fused-ring (bicyclic) bond motifs is 1. The number of hydrogen-bond acceptors (Lipinski definition) is 6. The lowest BCUT2D eigenvalue weighted by Gasteiger charge is -2.32. The first-order chi connectivity index (χ1) is 14.9. The standard InChI is InChI=1S/C22H25N3O5S/c1-30-19-7-6-15-8-10-24(14-17(15)13-19)22(27)20(9-11-31-2)23-21(26)16-4-3-5-18(12-16)25(28)29/h3-7,12-13,20H,8-11,14H2,1-2H3,(H,23,26). The average molecular weight is 444 g/mol. The van der Waals surface area contributed by atoms with Crippen molar-refractivity contribution in [3.8, 4) is 5.75 Å². The molecule has 0 saturated heterocycles. The van der Waals surface area contributed by atoms with Crippen molar-refractivity contribution in [1.82, 2.24) is 10.2 Å². The van der Waals surface area contributed by atoms with Crippen molar-refractivity contribution >= 4 is 29.3 Å². The lowest BCUT2D eigenvalue weighted by molar-refractivity contribution is -0.384. The molecule has 1 atom stereocenters. The van der Waals surface area contributed by atoms with E-state index in [1.165, 1.54) is 29.8 Å². The fraction of sp³-hybridized carbons (Fsp3) is 0.364. The topological polar surface area (TPSA) is 102 Å². The molecule has 0 saturated carbocycles. The van der Waals surface area contributed by atoms with E-state index in [1.54, 1.807) is 23.8 Å². The van der Waals surface area contributed by atoms with Crippen LogP contribution in [0.5, 0.6) is 5.75 Å². The summed E-state index contributed by atoms with van der Waals surface area (Å²) in [6, 6.07) is 10.7. The van der Waals surface area contributed by atoms with E-state index in [0.29, 0.717) is 25.3 Å². The van der Waals surface area contributed by atoms with E-state index >= 15 is 0 Å². The minimum atomic E-state index is -0.702. The molecule has 1 N–H and O–H groups in total. The average Bonchev–Trinajstić information content (AvgIpc) is 2.80. The third kappa shape index (κ3) is 5.55. The van der Waals surface area contributed by atoms with Crippen LogP contribution in [0.3, 0.4) is 0 Å². The van der Waals surface area contributed by atoms with Crippen LogP contribution >= 0.6 is 11.8 Å². The van der Waals surface area contributed by atoms with Crippen LogP contribution in [0, 0.1) is 10.1 Å². The Labute approximate surface area is 185 Å². The highest BCUT2D eigenvalue weighted by Crippen LogP contribution is 2.24. The Hall–Kier alpha value is -3.07. The number of nitrogens with one attached hydrogen (secondary N) is 1. The first-order valence-corrected chi connectivity index (χ1v) is 11.3. The third-order valence-electron chi connectivity index (χ3n) is 5.27. The number of benzene rings is 2. The van der Waals surface area contributed by atoms with Crippen molar-refractivity contribution in [1.29, 1.82) is 0 Å². The van der Waals surface area contributed by atoms with Gasteiger partial charge in [0.1, 0.15) is 11.8 Å². The van der Waals surface area contributed by atoms with Gasteiger partial charge in [0.15, 0.2) is 0 Å². The molecule has 2 amide bonds. The summed E-state index contributed by atoms with van der Waals surface area (Å²) in [5.41, 5.74) is 2.21. The van der Waals surface area contributed by atoms with E-state index in [0.717, 1.165) is 17.7 Å². The number of rotatable bonds is 8. The molecule has 2 aromatic carbocycles. The minimum Gasteiger partial charge on any atom is -0.497 e. The number of nitrogens with zero attached hydrogens (tertiary/aromatic N) is 2. The number of carbonyl (C=O) groups is 2. The smallest absolute Gasteiger partial charge is 0.270 e. The summed E-state index contributed by atoms with van der Waals surface area (Å²) in [6.07, 6.45) is 3.15. The Morgan fingerprint density at radius 1 is 1.26 bits per heavy atom. The summed E-state index contributed by atoms with van der Waals surface area (Å²) in [7, 11) is 1.61. The van der Waals surface area contributed by atoms with E-state index < -0.39 is 16.9 Å². The van der Waals surface area contributed by atoms with Crippen molar-refractivity contribution in [3.63, 3.8) is 0 Å². The second-order valence-corrected chi connectivity index (χ2v) is 8.24. The highest BCUT2D eigenvalue weighted by Gasteiger charge is 2.29. The third-order valence-corrected chi connectivity index (χ3v) is 5.91. The van der Waals surface area contributed by atoms with Crippen LogP contribution in [-0.2, 0) is 17.8 Å². The summed E-state index contributed by atoms with van der Waals surface area (Å²) in [5.74, 6) is 0.790. The van der Waals surface area contributed by atoms with Crippen LogP contribution in [-0.4, -0.2) is 53.3 Å². The van der Waals surface area contributed by atoms with Gasteiger partial charge in [-0.3, -0.25) is 19.7 Å². The van der Waals surface area contributed by atoms with Crippen LogP contribution in [0.25, 0.3) is 0 Å². The molecule has 8 nitrogen and oxygen atoms in total. The van der Waals surface area contributed by atoms with Crippen LogP contribution in [0.4, 0.5) is 5.69 Å². The van der Waals surface area contributed by atoms with Crippen LogP contribution in [0.1, 0.15) is 27.9 Å². The molecule has 1 aliphatic heterocycles. The molecule has 164 valence electrons. The Balaban J connectivity index is 1.75. The summed E-state index contributed by atoms with van der Waals surface area (Å²) >= 11 is 1.59. The minimum absolute atomic E-state index is 0.152. The predicted octanol–water partition coefficient (Wildman–Crippen LogP) is 3.04. The second-order valence-electron chi connectivity index (χ2n) is 7.26. The van der Waals surface area contributed by atoms with Gasteiger partial charge < -0.3 is 15.0 Å². The summed E-state index contributed by atoms with van der Waals surface area (Å²) in [6.45, 7) is 1.02. The van der Waals surface area contributed by atoms with Gasteiger partial charge in [-0.25, -0.2) is 0 Å². The van der Waals surface area contributed by atoms with E-state index in [4.69, 9.17) is 4.74 Å². The highest BCUT2D eigenvalue weighted by atomic mass is 32.2. The van der Waals surface area contributed by atoms with Crippen LogP contribution < -0.4 is 10.1 Å². The molecule has 1 heterocycles. The van der Waals surface area contributed by atoms with Gasteiger partial charge in [-0.2, -0.15) is 11.8 Å². The summed E-state index contributed by atoms with van der Waals surface area (Å²) < 4.78 is 5.29. The lowest BCUT2D eigenvalue weighted by Crippen LogP contribution is -2.50. The van der Waals surface area contributed by atoms with Gasteiger partial charge in [-0.15, -0.1) is 0 Å². The molecule has 1 unspecified atom stereocenters. The molecule has 0 spiro atoms. The molecule has 0 radical (unpaired) electrons. The van der Waals surface area contributed by atoms with Crippen molar-refractivity contribution in [2.24, 2.45) is 0 Å². The van der Waals surface area contributed by atoms with E-state index in [-0.39, 0.29) is 17.2 Å². The summed E-state index contributed by atoms with van der Waals surface area (Å²) in [4.78, 5) is 38.2. The molecule has 3 rings (SSSR count). The maximum absolute atomic E-state index is 13.3. The largest absolute Gasteiger partial charge is 0.497 e. The fourth-order valence-corrected chi connectivity index (χ4v) is 4.04. The Kier molecular flexibility index (Phi) is 7.51. The van der Waals surface area contributed by atoms with Gasteiger partial charge in [-0.1, -0.05) is 12.1 Å². The van der Waals surface area contributed by atoms with E-state index in [9.17, 15) is 19.7 Å². The number of non-ortho nitro benzene ring substituents is 1. The zero-order chi connectivity index (χ0) is 22.4. The fourth-order valence-electron chi connectivity index (χ4n) is 3.56. The molecule has 2 aromatic rings. The first kappa shape index (κ1) is 22.6. The summed E-state index contributed by atoms with van der Waals surface area (Å²) in [5, 5.41) is 13.8. The number of amides is 2. The molecule has 0 aliphatic carbocycles. The van der Waals surface area contributed by atoms with Gasteiger partial charge in [0, 0.05) is 30.8 Å². The monoisotopic (exact) mass is 443 g/mol. The predicted molar refractivity (Wildman–Crippen MR) is 119 cm³/mol. The normalized spacial score (nSPS) is 13.8. The van der Waals surface area contributed by atoms with Gasteiger partial charge in [0.2, 0.25) is 5.91 Å². The van der Waals surface area contributed by atoms with Crippen LogP contribution in [0.2, 0.25) is 0 Å². The van der Waals surface area contributed by atoms with Gasteiger partial charge >= 0.3 is 0 Å². The molecule has 0 fully saturated rings. The first-order valence-electron chi connectivity index (χ1n) is 9.91. The number of ether oxygens (including phenoxy) is 1. The maximum Gasteiger partial charge on any atom is 0.270 e. The number of carbonyl (C=O) groups excluding carboxylic acids is 2. The molecule has 0 bridgehead atoms. The zero-order valence-corrected chi connectivity index (χ0v) is 18.3. The van der Waals surface area contributed by atoms with Crippen molar-refractivity contribution in [2.75, 3.05) is 25.7 Å². The maximum atomic E-state index is 13.3. The molecular weight excluding hydrogens is 418 g/mol. The number of thioether (sulfide) groups is 1. The van der Waals surface area contributed by atoms with Crippen molar-refractivity contribution in [3.05, 3.63) is 69.3 Å². The number of nitro groups is 1. The van der Waals surface area contributed by atoms with Crippen LogP contribution in [0.15, 0.2) is 42.5 Å². The van der Waals surface area contributed by atoms with E-state index in [1.807, 2.05) is 24.5 Å². The highest BCUT2D eigenvalue weighted by molar-refractivity contribution is 7.98. The Morgan fingerprint density at radius 2 is 2.06 bits per heavy atom.